The molecule has 0 saturated heterocycles. The summed E-state index contributed by atoms with van der Waals surface area (Å²) in [5, 5.41) is 2.22. The van der Waals surface area contributed by atoms with E-state index in [1.165, 1.54) is 35.4 Å². The number of nitrogens with zero attached hydrogens (tertiary/aromatic N) is 1. The van der Waals surface area contributed by atoms with Crippen LogP contribution in [0.25, 0.3) is 0 Å². The van der Waals surface area contributed by atoms with Gasteiger partial charge in [-0.15, -0.1) is 11.3 Å². The zero-order valence-electron chi connectivity index (χ0n) is 12.7. The predicted molar refractivity (Wildman–Crippen MR) is 86.3 cm³/mol. The van der Waals surface area contributed by atoms with Gasteiger partial charge in [0, 0.05) is 28.8 Å². The van der Waals surface area contributed by atoms with Gasteiger partial charge in [-0.25, -0.2) is 0 Å². The molecule has 2 aliphatic carbocycles. The fourth-order valence-electron chi connectivity index (χ4n) is 4.01. The lowest BCUT2D eigenvalue weighted by atomic mass is 9.76. The lowest BCUT2D eigenvalue weighted by Crippen LogP contribution is -2.29. The van der Waals surface area contributed by atoms with Crippen LogP contribution in [0.5, 0.6) is 0 Å². The van der Waals surface area contributed by atoms with E-state index in [1.807, 2.05) is 17.4 Å². The first-order valence-corrected chi connectivity index (χ1v) is 8.72. The van der Waals surface area contributed by atoms with Crippen molar-refractivity contribution in [3.63, 3.8) is 0 Å². The fraction of sp³-hybridized carbons (Fsp3) is 0.500. The minimum atomic E-state index is 0.0896. The molecule has 0 fully saturated rings. The summed E-state index contributed by atoms with van der Waals surface area (Å²) in [5.74, 6) is 0.321. The molecule has 0 aliphatic heterocycles. The molecule has 3 heteroatoms. The second-order valence-corrected chi connectivity index (χ2v) is 8.23. The first kappa shape index (κ1) is 13.3. The van der Waals surface area contributed by atoms with Gasteiger partial charge in [0.1, 0.15) is 0 Å². The average Bonchev–Trinajstić information content (AvgIpc) is 3.02. The van der Waals surface area contributed by atoms with Crippen molar-refractivity contribution in [2.45, 2.75) is 52.0 Å². The summed E-state index contributed by atoms with van der Waals surface area (Å²) in [5.41, 5.74) is 3.81. The zero-order valence-corrected chi connectivity index (χ0v) is 13.5. The van der Waals surface area contributed by atoms with Crippen LogP contribution in [0.15, 0.2) is 23.7 Å². The molecular formula is C18H21NOS. The van der Waals surface area contributed by atoms with Crippen molar-refractivity contribution < 1.29 is 4.79 Å². The molecule has 0 bridgehead atoms. The molecule has 21 heavy (non-hydrogen) atoms. The third-order valence-corrected chi connectivity index (χ3v) is 5.96. The number of Topliss-reactive ketones (excluding diaryl/α,β-unsaturated/α-hetero) is 1. The van der Waals surface area contributed by atoms with Crippen LogP contribution in [0.2, 0.25) is 0 Å². The maximum Gasteiger partial charge on any atom is 0.165 e. The Kier molecular flexibility index (Phi) is 2.90. The molecular weight excluding hydrogens is 278 g/mol. The van der Waals surface area contributed by atoms with Crippen molar-refractivity contribution >= 4 is 17.1 Å². The Morgan fingerprint density at radius 1 is 1.29 bits per heavy atom. The molecule has 0 radical (unpaired) electrons. The van der Waals surface area contributed by atoms with Crippen molar-refractivity contribution in [1.29, 1.82) is 0 Å². The highest BCUT2D eigenvalue weighted by Gasteiger charge is 2.35. The summed E-state index contributed by atoms with van der Waals surface area (Å²) < 4.78 is 2.40. The van der Waals surface area contributed by atoms with Crippen LogP contribution in [0.1, 0.15) is 65.6 Å². The number of thiophene rings is 1. The van der Waals surface area contributed by atoms with E-state index in [0.717, 1.165) is 12.0 Å². The third kappa shape index (κ3) is 2.10. The van der Waals surface area contributed by atoms with Gasteiger partial charge in [-0.05, 0) is 54.2 Å². The number of aromatic nitrogens is 1. The van der Waals surface area contributed by atoms with E-state index in [-0.39, 0.29) is 5.41 Å². The molecule has 2 aromatic rings. The smallest absolute Gasteiger partial charge is 0.165 e. The quantitative estimate of drug-likeness (QED) is 0.752. The molecule has 0 spiro atoms. The molecule has 2 aliphatic rings. The van der Waals surface area contributed by atoms with Gasteiger partial charge in [-0.2, -0.15) is 0 Å². The summed E-state index contributed by atoms with van der Waals surface area (Å²) in [6.07, 6.45) is 7.51. The molecule has 110 valence electrons. The number of hydrogen-bond acceptors (Lipinski definition) is 2. The normalized spacial score (nSPS) is 23.7. The zero-order chi connectivity index (χ0) is 14.6. The standard InChI is InChI=1S/C18H21NOS/c1-18(2)10-15-12(16(20)11-18)6-8-19(15)14-4-3-5-17-13(14)7-9-21-17/h6-9,14H,3-5,10-11H2,1-2H3. The van der Waals surface area contributed by atoms with Crippen molar-refractivity contribution in [1.82, 2.24) is 4.57 Å². The van der Waals surface area contributed by atoms with Gasteiger partial charge in [-0.3, -0.25) is 4.79 Å². The molecule has 2 heterocycles. The molecule has 4 rings (SSSR count). The van der Waals surface area contributed by atoms with Crippen LogP contribution in [0.3, 0.4) is 0 Å². The monoisotopic (exact) mass is 299 g/mol. The number of carbonyl (C=O) groups excluding carboxylic acids is 1. The van der Waals surface area contributed by atoms with E-state index in [2.05, 4.69) is 36.1 Å². The summed E-state index contributed by atoms with van der Waals surface area (Å²) in [6.45, 7) is 4.42. The van der Waals surface area contributed by atoms with E-state index < -0.39 is 0 Å². The van der Waals surface area contributed by atoms with Gasteiger partial charge in [0.15, 0.2) is 5.78 Å². The number of carbonyl (C=O) groups is 1. The van der Waals surface area contributed by atoms with Crippen LogP contribution in [0, 0.1) is 5.41 Å². The number of fused-ring (bicyclic) bond motifs is 2. The van der Waals surface area contributed by atoms with Gasteiger partial charge < -0.3 is 4.57 Å². The van der Waals surface area contributed by atoms with E-state index in [1.54, 1.807) is 0 Å². The Hall–Kier alpha value is -1.35. The molecule has 1 atom stereocenters. The predicted octanol–water partition coefficient (Wildman–Crippen LogP) is 4.63. The SMILES string of the molecule is CC1(C)CC(=O)c2ccn(C3CCCc4sccc43)c2C1. The van der Waals surface area contributed by atoms with E-state index >= 15 is 0 Å². The highest BCUT2D eigenvalue weighted by atomic mass is 32.1. The van der Waals surface area contributed by atoms with Crippen LogP contribution in [-0.2, 0) is 12.8 Å². The number of aryl methyl sites for hydroxylation is 1. The van der Waals surface area contributed by atoms with Gasteiger partial charge in [0.05, 0.1) is 6.04 Å². The first-order valence-electron chi connectivity index (χ1n) is 7.84. The lowest BCUT2D eigenvalue weighted by Gasteiger charge is -2.33. The second kappa shape index (κ2) is 4.57. The second-order valence-electron chi connectivity index (χ2n) is 7.23. The van der Waals surface area contributed by atoms with Gasteiger partial charge in [-0.1, -0.05) is 13.8 Å². The Morgan fingerprint density at radius 2 is 2.14 bits per heavy atom. The Labute approximate surface area is 129 Å². The lowest BCUT2D eigenvalue weighted by molar-refractivity contribution is 0.0909. The molecule has 1 unspecified atom stereocenters. The van der Waals surface area contributed by atoms with Crippen molar-refractivity contribution in [2.75, 3.05) is 0 Å². The summed E-state index contributed by atoms with van der Waals surface area (Å²) in [7, 11) is 0. The Morgan fingerprint density at radius 3 is 3.00 bits per heavy atom. The average molecular weight is 299 g/mol. The minimum absolute atomic E-state index is 0.0896. The van der Waals surface area contributed by atoms with E-state index in [4.69, 9.17) is 0 Å². The van der Waals surface area contributed by atoms with Crippen molar-refractivity contribution in [3.8, 4) is 0 Å². The minimum Gasteiger partial charge on any atom is -0.343 e. The van der Waals surface area contributed by atoms with Crippen LogP contribution in [0.4, 0.5) is 0 Å². The van der Waals surface area contributed by atoms with Crippen molar-refractivity contribution in [3.05, 3.63) is 45.4 Å². The maximum atomic E-state index is 12.4. The van der Waals surface area contributed by atoms with Crippen LogP contribution in [-0.4, -0.2) is 10.4 Å². The molecule has 2 nitrogen and oxygen atoms in total. The molecule has 2 aromatic heterocycles. The summed E-state index contributed by atoms with van der Waals surface area (Å²) >= 11 is 1.88. The fourth-order valence-corrected chi connectivity index (χ4v) is 4.99. The van der Waals surface area contributed by atoms with Gasteiger partial charge in [0.25, 0.3) is 0 Å². The third-order valence-electron chi connectivity index (χ3n) is 4.97. The molecule has 0 aromatic carbocycles. The highest BCUT2D eigenvalue weighted by Crippen LogP contribution is 2.41. The van der Waals surface area contributed by atoms with Crippen LogP contribution < -0.4 is 0 Å². The Balaban J connectivity index is 1.81. The molecule has 0 amide bonds. The highest BCUT2D eigenvalue weighted by molar-refractivity contribution is 7.10. The van der Waals surface area contributed by atoms with Gasteiger partial charge in [0.2, 0.25) is 0 Å². The summed E-state index contributed by atoms with van der Waals surface area (Å²) in [4.78, 5) is 13.9. The Bertz CT molecular complexity index is 707. The van der Waals surface area contributed by atoms with Crippen molar-refractivity contribution in [2.24, 2.45) is 5.41 Å². The van der Waals surface area contributed by atoms with Crippen LogP contribution >= 0.6 is 11.3 Å². The number of rotatable bonds is 1. The first-order chi connectivity index (χ1) is 10.1. The maximum absolute atomic E-state index is 12.4. The largest absolute Gasteiger partial charge is 0.343 e. The van der Waals surface area contributed by atoms with Gasteiger partial charge >= 0.3 is 0 Å². The topological polar surface area (TPSA) is 22.0 Å². The number of hydrogen-bond donors (Lipinski definition) is 0. The molecule has 0 saturated carbocycles. The summed E-state index contributed by atoms with van der Waals surface area (Å²) in [6, 6.07) is 4.77. The number of ketones is 1. The van der Waals surface area contributed by atoms with E-state index in [9.17, 15) is 4.79 Å². The molecule has 0 N–H and O–H groups in total. The van der Waals surface area contributed by atoms with E-state index in [0.29, 0.717) is 18.2 Å².